The van der Waals surface area contributed by atoms with Crippen molar-refractivity contribution in [1.29, 1.82) is 0 Å². The summed E-state index contributed by atoms with van der Waals surface area (Å²) in [6, 6.07) is 5.19. The SMILES string of the molecule is COc1ccc(NC(=O)C2(C)CCCN2)cc1OCCO. The van der Waals surface area contributed by atoms with Crippen LogP contribution in [-0.2, 0) is 4.79 Å². The van der Waals surface area contributed by atoms with Gasteiger partial charge < -0.3 is 25.2 Å². The van der Waals surface area contributed by atoms with Gasteiger partial charge in [0, 0.05) is 11.8 Å². The lowest BCUT2D eigenvalue weighted by Gasteiger charge is -2.23. The molecule has 1 unspecified atom stereocenters. The molecule has 1 fully saturated rings. The fraction of sp³-hybridized carbons (Fsp3) is 0.533. The molecule has 0 spiro atoms. The average Bonchev–Trinajstić information content (AvgIpc) is 2.93. The lowest BCUT2D eigenvalue weighted by molar-refractivity contribution is -0.121. The van der Waals surface area contributed by atoms with Gasteiger partial charge in [-0.15, -0.1) is 0 Å². The second-order valence-electron chi connectivity index (χ2n) is 5.25. The van der Waals surface area contributed by atoms with Gasteiger partial charge in [0.25, 0.3) is 0 Å². The van der Waals surface area contributed by atoms with E-state index in [0.717, 1.165) is 19.4 Å². The summed E-state index contributed by atoms with van der Waals surface area (Å²) in [7, 11) is 1.54. The topological polar surface area (TPSA) is 79.8 Å². The van der Waals surface area contributed by atoms with E-state index in [1.54, 1.807) is 25.3 Å². The minimum absolute atomic E-state index is 0.0572. The van der Waals surface area contributed by atoms with E-state index in [-0.39, 0.29) is 19.1 Å². The Morgan fingerprint density at radius 2 is 2.29 bits per heavy atom. The van der Waals surface area contributed by atoms with Crippen LogP contribution in [0.3, 0.4) is 0 Å². The fourth-order valence-electron chi connectivity index (χ4n) is 2.38. The van der Waals surface area contributed by atoms with Gasteiger partial charge in [0.15, 0.2) is 11.5 Å². The van der Waals surface area contributed by atoms with Gasteiger partial charge >= 0.3 is 0 Å². The van der Waals surface area contributed by atoms with Crippen molar-refractivity contribution in [3.05, 3.63) is 18.2 Å². The molecule has 3 N–H and O–H groups in total. The first-order valence-electron chi connectivity index (χ1n) is 7.07. The molecule has 1 aliphatic heterocycles. The fourth-order valence-corrected chi connectivity index (χ4v) is 2.38. The molecule has 1 aromatic rings. The minimum atomic E-state index is -0.522. The molecule has 1 aromatic carbocycles. The largest absolute Gasteiger partial charge is 0.493 e. The maximum Gasteiger partial charge on any atom is 0.244 e. The molecule has 0 aromatic heterocycles. The molecular weight excluding hydrogens is 272 g/mol. The number of nitrogens with one attached hydrogen (secondary N) is 2. The predicted molar refractivity (Wildman–Crippen MR) is 79.8 cm³/mol. The summed E-state index contributed by atoms with van der Waals surface area (Å²) in [6.07, 6.45) is 1.82. The van der Waals surface area contributed by atoms with Crippen LogP contribution in [0, 0.1) is 0 Å². The molecule has 0 aliphatic carbocycles. The van der Waals surface area contributed by atoms with Crippen LogP contribution < -0.4 is 20.1 Å². The van der Waals surface area contributed by atoms with Crippen molar-refractivity contribution < 1.29 is 19.4 Å². The van der Waals surface area contributed by atoms with Crippen molar-refractivity contribution >= 4 is 11.6 Å². The van der Waals surface area contributed by atoms with Crippen molar-refractivity contribution in [1.82, 2.24) is 5.32 Å². The van der Waals surface area contributed by atoms with Gasteiger partial charge in [-0.05, 0) is 38.4 Å². The smallest absolute Gasteiger partial charge is 0.244 e. The molecule has 6 nitrogen and oxygen atoms in total. The molecule has 1 heterocycles. The second kappa shape index (κ2) is 6.78. The van der Waals surface area contributed by atoms with E-state index in [4.69, 9.17) is 14.6 Å². The number of amides is 1. The number of hydrogen-bond donors (Lipinski definition) is 3. The average molecular weight is 294 g/mol. The normalized spacial score (nSPS) is 21.1. The van der Waals surface area contributed by atoms with Crippen molar-refractivity contribution in [2.45, 2.75) is 25.3 Å². The molecule has 6 heteroatoms. The summed E-state index contributed by atoms with van der Waals surface area (Å²) in [5, 5.41) is 15.0. The Morgan fingerprint density at radius 1 is 1.48 bits per heavy atom. The van der Waals surface area contributed by atoms with Gasteiger partial charge in [0.1, 0.15) is 6.61 Å². The first-order chi connectivity index (χ1) is 10.1. The van der Waals surface area contributed by atoms with Gasteiger partial charge in [-0.2, -0.15) is 0 Å². The third kappa shape index (κ3) is 3.65. The van der Waals surface area contributed by atoms with Crippen LogP contribution in [0.15, 0.2) is 18.2 Å². The number of rotatable bonds is 6. The molecular formula is C15H22N2O4. The number of ether oxygens (including phenoxy) is 2. The first-order valence-corrected chi connectivity index (χ1v) is 7.07. The minimum Gasteiger partial charge on any atom is -0.493 e. The molecule has 2 rings (SSSR count). The Bertz CT molecular complexity index is 498. The van der Waals surface area contributed by atoms with Crippen LogP contribution in [0.2, 0.25) is 0 Å². The van der Waals surface area contributed by atoms with E-state index >= 15 is 0 Å². The number of aliphatic hydroxyl groups is 1. The standard InChI is InChI=1S/C15H22N2O4/c1-15(6-3-7-16-15)14(19)17-11-4-5-12(20-2)13(10-11)21-9-8-18/h4-5,10,16,18H,3,6-9H2,1-2H3,(H,17,19). The van der Waals surface area contributed by atoms with E-state index in [2.05, 4.69) is 10.6 Å². The number of benzene rings is 1. The number of aliphatic hydroxyl groups excluding tert-OH is 1. The summed E-state index contributed by atoms with van der Waals surface area (Å²) in [4.78, 5) is 12.3. The van der Waals surface area contributed by atoms with Crippen LogP contribution in [0.4, 0.5) is 5.69 Å². The van der Waals surface area contributed by atoms with Crippen molar-refractivity contribution in [2.24, 2.45) is 0 Å². The zero-order valence-corrected chi connectivity index (χ0v) is 12.4. The molecule has 1 aliphatic rings. The van der Waals surface area contributed by atoms with Gasteiger partial charge in [0.2, 0.25) is 5.91 Å². The first kappa shape index (κ1) is 15.6. The molecule has 1 atom stereocenters. The van der Waals surface area contributed by atoms with Gasteiger partial charge in [-0.3, -0.25) is 4.79 Å². The molecule has 0 saturated carbocycles. The van der Waals surface area contributed by atoms with Crippen molar-refractivity contribution in [2.75, 3.05) is 32.2 Å². The zero-order chi connectivity index (χ0) is 15.3. The Kier molecular flexibility index (Phi) is 5.03. The van der Waals surface area contributed by atoms with Gasteiger partial charge in [0.05, 0.1) is 19.3 Å². The van der Waals surface area contributed by atoms with Gasteiger partial charge in [-0.1, -0.05) is 0 Å². The van der Waals surface area contributed by atoms with E-state index in [1.807, 2.05) is 6.92 Å². The lowest BCUT2D eigenvalue weighted by Crippen LogP contribution is -2.47. The van der Waals surface area contributed by atoms with Crippen LogP contribution in [0.5, 0.6) is 11.5 Å². The highest BCUT2D eigenvalue weighted by Gasteiger charge is 2.35. The Labute approximate surface area is 124 Å². The molecule has 1 saturated heterocycles. The van der Waals surface area contributed by atoms with Crippen molar-refractivity contribution in [3.63, 3.8) is 0 Å². The van der Waals surface area contributed by atoms with E-state index in [9.17, 15) is 4.79 Å². The summed E-state index contributed by atoms with van der Waals surface area (Å²) >= 11 is 0. The highest BCUT2D eigenvalue weighted by Crippen LogP contribution is 2.31. The summed E-state index contributed by atoms with van der Waals surface area (Å²) < 4.78 is 10.6. The number of hydrogen-bond acceptors (Lipinski definition) is 5. The third-order valence-electron chi connectivity index (χ3n) is 3.64. The number of anilines is 1. The molecule has 21 heavy (non-hydrogen) atoms. The zero-order valence-electron chi connectivity index (χ0n) is 12.4. The Balaban J connectivity index is 2.10. The number of methoxy groups -OCH3 is 1. The van der Waals surface area contributed by atoms with Crippen LogP contribution in [0.1, 0.15) is 19.8 Å². The monoisotopic (exact) mass is 294 g/mol. The molecule has 1 amide bonds. The van der Waals surface area contributed by atoms with E-state index < -0.39 is 5.54 Å². The summed E-state index contributed by atoms with van der Waals surface area (Å²) in [5.74, 6) is 0.999. The Morgan fingerprint density at radius 3 is 2.90 bits per heavy atom. The number of carbonyl (C=O) groups excluding carboxylic acids is 1. The second-order valence-corrected chi connectivity index (χ2v) is 5.25. The quantitative estimate of drug-likeness (QED) is 0.733. The predicted octanol–water partition coefficient (Wildman–Crippen LogP) is 1.15. The maximum absolute atomic E-state index is 12.3. The summed E-state index contributed by atoms with van der Waals surface area (Å²) in [6.45, 7) is 2.86. The Hall–Kier alpha value is -1.79. The van der Waals surface area contributed by atoms with Gasteiger partial charge in [-0.25, -0.2) is 0 Å². The van der Waals surface area contributed by atoms with E-state index in [0.29, 0.717) is 17.2 Å². The summed E-state index contributed by atoms with van der Waals surface area (Å²) in [5.41, 5.74) is 0.121. The molecule has 0 radical (unpaired) electrons. The lowest BCUT2D eigenvalue weighted by atomic mass is 9.99. The maximum atomic E-state index is 12.3. The van der Waals surface area contributed by atoms with Crippen LogP contribution in [-0.4, -0.2) is 43.4 Å². The van der Waals surface area contributed by atoms with Crippen molar-refractivity contribution in [3.8, 4) is 11.5 Å². The molecule has 0 bridgehead atoms. The highest BCUT2D eigenvalue weighted by atomic mass is 16.5. The van der Waals surface area contributed by atoms with E-state index in [1.165, 1.54) is 0 Å². The van der Waals surface area contributed by atoms with Crippen LogP contribution >= 0.6 is 0 Å². The third-order valence-corrected chi connectivity index (χ3v) is 3.64. The number of carbonyl (C=O) groups is 1. The van der Waals surface area contributed by atoms with Crippen LogP contribution in [0.25, 0.3) is 0 Å². The molecule has 116 valence electrons. The highest BCUT2D eigenvalue weighted by molar-refractivity contribution is 5.98.